The van der Waals surface area contributed by atoms with Crippen LogP contribution in [-0.4, -0.2) is 49.3 Å². The van der Waals surface area contributed by atoms with Gasteiger partial charge in [-0.05, 0) is 128 Å². The molecule has 89 heavy (non-hydrogen) atoms. The number of ether oxygens (including phenoxy) is 2. The fourth-order valence-electron chi connectivity index (χ4n) is 9.61. The number of phosphoric ester groups is 1. The molecule has 0 aromatic carbocycles. The van der Waals surface area contributed by atoms with Crippen molar-refractivity contribution in [2.45, 2.75) is 302 Å². The van der Waals surface area contributed by atoms with E-state index < -0.39 is 32.5 Å². The van der Waals surface area contributed by atoms with Crippen molar-refractivity contribution in [3.8, 4) is 0 Å². The number of nitrogens with two attached hydrogens (primary N) is 1. The van der Waals surface area contributed by atoms with Gasteiger partial charge in [0, 0.05) is 19.4 Å². The van der Waals surface area contributed by atoms with Crippen molar-refractivity contribution in [1.82, 2.24) is 0 Å². The van der Waals surface area contributed by atoms with E-state index in [0.29, 0.717) is 6.42 Å². The van der Waals surface area contributed by atoms with Crippen LogP contribution in [0.5, 0.6) is 0 Å². The van der Waals surface area contributed by atoms with Gasteiger partial charge in [0.2, 0.25) is 0 Å². The van der Waals surface area contributed by atoms with E-state index >= 15 is 0 Å². The van der Waals surface area contributed by atoms with Gasteiger partial charge in [0.25, 0.3) is 0 Å². The highest BCUT2D eigenvalue weighted by molar-refractivity contribution is 7.47. The Balaban J connectivity index is 3.98. The molecule has 2 atom stereocenters. The third-order valence-corrected chi connectivity index (χ3v) is 15.9. The van der Waals surface area contributed by atoms with E-state index in [1.807, 2.05) is 0 Å². The number of hydrogen-bond donors (Lipinski definition) is 2. The van der Waals surface area contributed by atoms with Gasteiger partial charge in [-0.3, -0.25) is 18.6 Å². The minimum Gasteiger partial charge on any atom is -0.462 e. The number of allylic oxidation sites excluding steroid dienone is 26. The lowest BCUT2D eigenvalue weighted by Crippen LogP contribution is -2.29. The highest BCUT2D eigenvalue weighted by Gasteiger charge is 2.26. The number of rotatable bonds is 66. The van der Waals surface area contributed by atoms with E-state index in [1.54, 1.807) is 0 Å². The Hall–Kier alpha value is -4.37. The molecule has 0 aliphatic carbocycles. The van der Waals surface area contributed by atoms with Crippen molar-refractivity contribution in [1.29, 1.82) is 0 Å². The maximum absolute atomic E-state index is 12.8. The second-order valence-electron chi connectivity index (χ2n) is 23.4. The predicted octanol–water partition coefficient (Wildman–Crippen LogP) is 24.0. The van der Waals surface area contributed by atoms with Crippen LogP contribution in [0, 0.1) is 0 Å². The maximum Gasteiger partial charge on any atom is 0.472 e. The van der Waals surface area contributed by atoms with Gasteiger partial charge in [-0.2, -0.15) is 0 Å². The van der Waals surface area contributed by atoms with E-state index in [-0.39, 0.29) is 32.6 Å². The molecule has 0 heterocycles. The normalized spacial score (nSPS) is 13.9. The first-order chi connectivity index (χ1) is 43.8. The standard InChI is InChI=1S/C79H132NO8P/c1-3-5-7-9-11-13-15-17-19-21-23-25-27-29-31-33-35-37-38-40-42-44-46-48-50-52-54-56-58-60-62-64-66-68-70-72-79(82)88-77(76-87-89(83,84)86-74-73-80)75-85-78(81)71-69-67-65-63-61-59-57-55-53-51-49-47-45-43-41-39-36-34-32-30-28-26-24-22-20-18-16-14-12-10-8-6-4-2/h5,7,11,13,16-19,22-25,28-31,35,37,40,42,46,48,52,54,58,60,77H,3-4,6,8-10,12,14-15,20-21,26-27,32-34,36,38-39,41,43-45,47,49-51,53,55-57,59,61-76,80H2,1-2H3,(H,83,84)/b7-5-,13-11-,18-16-,19-17-,24-22-,25-23-,30-28-,31-29-,37-35-,42-40-,48-46-,54-52-,60-58-. The molecule has 0 spiro atoms. The van der Waals surface area contributed by atoms with Gasteiger partial charge in [-0.25, -0.2) is 4.57 Å². The number of esters is 2. The lowest BCUT2D eigenvalue weighted by molar-refractivity contribution is -0.161. The lowest BCUT2D eigenvalue weighted by Gasteiger charge is -2.19. The topological polar surface area (TPSA) is 134 Å². The molecular formula is C79H132NO8P. The van der Waals surface area contributed by atoms with Gasteiger partial charge in [0.1, 0.15) is 6.61 Å². The van der Waals surface area contributed by atoms with Crippen molar-refractivity contribution in [2.24, 2.45) is 5.73 Å². The SMILES string of the molecule is CC/C=C\C/C=C\C/C=C\C/C=C\C/C=C\C/C=C\C/C=C\C/C=C\C/C=C\C/C=C\CCCCCCC(=O)OC(COC(=O)CCCCCCCCCCCCCCCCCCCC/C=C\C/C=C\C/C=C\CCCCCCC)COP(=O)(O)OCCN. The van der Waals surface area contributed by atoms with Gasteiger partial charge in [0.05, 0.1) is 13.2 Å². The molecule has 0 aliphatic rings. The van der Waals surface area contributed by atoms with Crippen molar-refractivity contribution >= 4 is 19.8 Å². The van der Waals surface area contributed by atoms with Crippen LogP contribution in [-0.2, 0) is 32.7 Å². The number of hydrogen-bond acceptors (Lipinski definition) is 8. The third-order valence-electron chi connectivity index (χ3n) is 14.9. The Kier molecular flexibility index (Phi) is 69.1. The first kappa shape index (κ1) is 84.6. The Morgan fingerprint density at radius 2 is 0.618 bits per heavy atom. The summed E-state index contributed by atoms with van der Waals surface area (Å²) in [5.74, 6) is -0.860. The molecule has 10 heteroatoms. The molecule has 0 saturated carbocycles. The number of unbranched alkanes of at least 4 members (excludes halogenated alkanes) is 27. The zero-order valence-corrected chi connectivity index (χ0v) is 57.8. The van der Waals surface area contributed by atoms with Gasteiger partial charge in [-0.15, -0.1) is 0 Å². The molecule has 0 fully saturated rings. The Morgan fingerprint density at radius 1 is 0.348 bits per heavy atom. The summed E-state index contributed by atoms with van der Waals surface area (Å²) in [6.45, 7) is 3.60. The molecule has 0 amide bonds. The predicted molar refractivity (Wildman–Crippen MR) is 385 cm³/mol. The summed E-state index contributed by atoms with van der Waals surface area (Å²) >= 11 is 0. The Labute approximate surface area is 547 Å². The summed E-state index contributed by atoms with van der Waals surface area (Å²) < 4.78 is 33.2. The molecule has 0 aromatic rings. The van der Waals surface area contributed by atoms with Crippen LogP contribution in [0.1, 0.15) is 296 Å². The van der Waals surface area contributed by atoms with E-state index in [0.717, 1.165) is 122 Å². The zero-order valence-electron chi connectivity index (χ0n) is 56.9. The van der Waals surface area contributed by atoms with Gasteiger partial charge < -0.3 is 20.1 Å². The van der Waals surface area contributed by atoms with E-state index in [1.165, 1.54) is 141 Å². The molecule has 0 aromatic heterocycles. The molecule has 0 rings (SSSR count). The number of phosphoric acid groups is 1. The average molecular weight is 1250 g/mol. The molecule has 506 valence electrons. The lowest BCUT2D eigenvalue weighted by atomic mass is 10.0. The maximum atomic E-state index is 12.8. The van der Waals surface area contributed by atoms with Crippen LogP contribution >= 0.6 is 7.82 Å². The van der Waals surface area contributed by atoms with Gasteiger partial charge in [0.15, 0.2) is 6.10 Å². The fourth-order valence-corrected chi connectivity index (χ4v) is 10.4. The largest absolute Gasteiger partial charge is 0.472 e. The Morgan fingerprint density at radius 3 is 0.921 bits per heavy atom. The minimum absolute atomic E-state index is 0.0416. The highest BCUT2D eigenvalue weighted by atomic mass is 31.2. The second kappa shape index (κ2) is 72.7. The second-order valence-corrected chi connectivity index (χ2v) is 24.8. The van der Waals surface area contributed by atoms with Crippen molar-refractivity contribution < 1.29 is 37.6 Å². The summed E-state index contributed by atoms with van der Waals surface area (Å²) in [5.41, 5.74) is 5.40. The first-order valence-corrected chi connectivity index (χ1v) is 37.5. The fraction of sp³-hybridized carbons (Fsp3) is 0.646. The summed E-state index contributed by atoms with van der Waals surface area (Å²) in [5, 5.41) is 0. The van der Waals surface area contributed by atoms with E-state index in [2.05, 4.69) is 172 Å². The average Bonchev–Trinajstić information content (AvgIpc) is 3.66. The minimum atomic E-state index is -4.41. The van der Waals surface area contributed by atoms with Crippen LogP contribution < -0.4 is 5.73 Å². The highest BCUT2D eigenvalue weighted by Crippen LogP contribution is 2.43. The van der Waals surface area contributed by atoms with Crippen molar-refractivity contribution in [3.63, 3.8) is 0 Å². The molecule has 9 nitrogen and oxygen atoms in total. The summed E-state index contributed by atoms with van der Waals surface area (Å²) in [6, 6.07) is 0. The van der Waals surface area contributed by atoms with Crippen LogP contribution in [0.2, 0.25) is 0 Å². The number of carbonyl (C=O) groups is 2. The van der Waals surface area contributed by atoms with E-state index in [9.17, 15) is 19.0 Å². The summed E-state index contributed by atoms with van der Waals surface area (Å²) in [6.07, 6.45) is 106. The van der Waals surface area contributed by atoms with E-state index in [4.69, 9.17) is 24.3 Å². The molecule has 2 unspecified atom stereocenters. The smallest absolute Gasteiger partial charge is 0.462 e. The molecule has 0 radical (unpaired) electrons. The third kappa shape index (κ3) is 72.6. The van der Waals surface area contributed by atoms with Crippen molar-refractivity contribution in [2.75, 3.05) is 26.4 Å². The summed E-state index contributed by atoms with van der Waals surface area (Å²) in [7, 11) is -4.41. The van der Waals surface area contributed by atoms with Crippen molar-refractivity contribution in [3.05, 3.63) is 158 Å². The molecule has 0 aliphatic heterocycles. The zero-order chi connectivity index (χ0) is 64.4. The van der Waals surface area contributed by atoms with Crippen LogP contribution in [0.4, 0.5) is 0 Å². The molecule has 3 N–H and O–H groups in total. The molecule has 0 saturated heterocycles. The van der Waals surface area contributed by atoms with Gasteiger partial charge >= 0.3 is 19.8 Å². The van der Waals surface area contributed by atoms with Gasteiger partial charge in [-0.1, -0.05) is 313 Å². The molecule has 0 bridgehead atoms. The van der Waals surface area contributed by atoms with Crippen LogP contribution in [0.25, 0.3) is 0 Å². The quantitative estimate of drug-likeness (QED) is 0.0264. The summed E-state index contributed by atoms with van der Waals surface area (Å²) in [4.78, 5) is 35.4. The van der Waals surface area contributed by atoms with Crippen LogP contribution in [0.15, 0.2) is 158 Å². The Bertz CT molecular complexity index is 2020. The van der Waals surface area contributed by atoms with Crippen LogP contribution in [0.3, 0.4) is 0 Å². The molecular weight excluding hydrogens is 1120 g/mol. The number of carbonyl (C=O) groups excluding carboxylic acids is 2. The monoisotopic (exact) mass is 1250 g/mol. The first-order valence-electron chi connectivity index (χ1n) is 36.0.